The highest BCUT2D eigenvalue weighted by molar-refractivity contribution is 5.98. The SMILES string of the molecule is COc1ccc(C(CNc2nccc3ccc(C(=O)O)cc23)N(C)C)cc1. The van der Waals surface area contributed by atoms with Crippen molar-refractivity contribution in [3.8, 4) is 5.75 Å². The van der Waals surface area contributed by atoms with Crippen LogP contribution in [0.15, 0.2) is 54.7 Å². The lowest BCUT2D eigenvalue weighted by Crippen LogP contribution is -2.27. The average Bonchev–Trinajstić information content (AvgIpc) is 2.68. The number of rotatable bonds is 7. The van der Waals surface area contributed by atoms with Crippen LogP contribution in [0, 0.1) is 0 Å². The van der Waals surface area contributed by atoms with Crippen molar-refractivity contribution in [2.24, 2.45) is 0 Å². The van der Waals surface area contributed by atoms with E-state index in [2.05, 4.69) is 15.2 Å². The molecular weight excluding hydrogens is 342 g/mol. The highest BCUT2D eigenvalue weighted by Crippen LogP contribution is 2.25. The predicted octanol–water partition coefficient (Wildman–Crippen LogP) is 3.66. The molecule has 0 aliphatic rings. The van der Waals surface area contributed by atoms with E-state index in [1.165, 1.54) is 0 Å². The molecule has 1 unspecified atom stereocenters. The second kappa shape index (κ2) is 8.05. The molecule has 0 fully saturated rings. The largest absolute Gasteiger partial charge is 0.497 e. The monoisotopic (exact) mass is 365 g/mol. The van der Waals surface area contributed by atoms with Crippen molar-refractivity contribution in [2.75, 3.05) is 33.1 Å². The van der Waals surface area contributed by atoms with Gasteiger partial charge in [-0.25, -0.2) is 9.78 Å². The molecule has 27 heavy (non-hydrogen) atoms. The first-order chi connectivity index (χ1) is 13.0. The van der Waals surface area contributed by atoms with E-state index in [0.29, 0.717) is 12.4 Å². The number of fused-ring (bicyclic) bond motifs is 1. The van der Waals surface area contributed by atoms with Gasteiger partial charge in [-0.2, -0.15) is 0 Å². The summed E-state index contributed by atoms with van der Waals surface area (Å²) in [4.78, 5) is 17.8. The van der Waals surface area contributed by atoms with Gasteiger partial charge in [-0.1, -0.05) is 18.2 Å². The van der Waals surface area contributed by atoms with Gasteiger partial charge in [-0.15, -0.1) is 0 Å². The van der Waals surface area contributed by atoms with Crippen molar-refractivity contribution in [3.05, 3.63) is 65.9 Å². The van der Waals surface area contributed by atoms with Gasteiger partial charge in [0.2, 0.25) is 0 Å². The van der Waals surface area contributed by atoms with Crippen molar-refractivity contribution in [3.63, 3.8) is 0 Å². The number of pyridine rings is 1. The minimum Gasteiger partial charge on any atom is -0.497 e. The fraction of sp³-hybridized carbons (Fsp3) is 0.238. The lowest BCUT2D eigenvalue weighted by atomic mass is 10.1. The Balaban J connectivity index is 1.86. The zero-order chi connectivity index (χ0) is 19.4. The average molecular weight is 365 g/mol. The smallest absolute Gasteiger partial charge is 0.335 e. The summed E-state index contributed by atoms with van der Waals surface area (Å²) in [6.07, 6.45) is 1.73. The Bertz CT molecular complexity index is 939. The summed E-state index contributed by atoms with van der Waals surface area (Å²) in [5.41, 5.74) is 1.40. The lowest BCUT2D eigenvalue weighted by molar-refractivity contribution is 0.0697. The van der Waals surface area contributed by atoms with Gasteiger partial charge in [0.15, 0.2) is 0 Å². The van der Waals surface area contributed by atoms with E-state index in [0.717, 1.165) is 22.1 Å². The maximum Gasteiger partial charge on any atom is 0.335 e. The van der Waals surface area contributed by atoms with Crippen molar-refractivity contribution < 1.29 is 14.6 Å². The van der Waals surface area contributed by atoms with Gasteiger partial charge in [0, 0.05) is 18.1 Å². The zero-order valence-corrected chi connectivity index (χ0v) is 15.6. The maximum atomic E-state index is 11.3. The molecule has 1 atom stereocenters. The first-order valence-electron chi connectivity index (χ1n) is 8.66. The molecule has 3 aromatic rings. The van der Waals surface area contributed by atoms with Crippen LogP contribution in [-0.4, -0.2) is 48.7 Å². The second-order valence-corrected chi connectivity index (χ2v) is 6.53. The van der Waals surface area contributed by atoms with E-state index in [1.54, 1.807) is 31.5 Å². The standard InChI is InChI=1S/C21H23N3O3/c1-24(2)19(15-6-8-17(27-3)9-7-15)13-23-20-18-12-16(21(25)26)5-4-14(18)10-11-22-20/h4-12,19H,13H2,1-3H3,(H,22,23)(H,25,26). The quantitative estimate of drug-likeness (QED) is 0.666. The summed E-state index contributed by atoms with van der Waals surface area (Å²) < 4.78 is 5.23. The molecule has 0 aliphatic heterocycles. The number of ether oxygens (including phenoxy) is 1. The number of anilines is 1. The number of carboxylic acids is 1. The summed E-state index contributed by atoms with van der Waals surface area (Å²) in [6.45, 7) is 0.628. The van der Waals surface area contributed by atoms with Crippen molar-refractivity contribution in [1.29, 1.82) is 0 Å². The van der Waals surface area contributed by atoms with Crippen molar-refractivity contribution in [1.82, 2.24) is 9.88 Å². The molecule has 0 amide bonds. The van der Waals surface area contributed by atoms with Crippen molar-refractivity contribution in [2.45, 2.75) is 6.04 Å². The molecule has 0 saturated heterocycles. The molecule has 1 heterocycles. The Morgan fingerprint density at radius 2 is 1.93 bits per heavy atom. The van der Waals surface area contributed by atoms with Crippen LogP contribution in [-0.2, 0) is 0 Å². The molecule has 0 aliphatic carbocycles. The van der Waals surface area contributed by atoms with Gasteiger partial charge >= 0.3 is 5.97 Å². The number of benzene rings is 2. The van der Waals surface area contributed by atoms with E-state index in [-0.39, 0.29) is 11.6 Å². The number of carbonyl (C=O) groups is 1. The van der Waals surface area contributed by atoms with Gasteiger partial charge in [0.05, 0.1) is 18.7 Å². The molecule has 1 aromatic heterocycles. The second-order valence-electron chi connectivity index (χ2n) is 6.53. The van der Waals surface area contributed by atoms with Crippen LogP contribution in [0.4, 0.5) is 5.82 Å². The first kappa shape index (κ1) is 18.7. The van der Waals surface area contributed by atoms with Gasteiger partial charge < -0.3 is 20.1 Å². The Morgan fingerprint density at radius 1 is 1.19 bits per heavy atom. The Kier molecular flexibility index (Phi) is 5.57. The van der Waals surface area contributed by atoms with Gasteiger partial charge in [0.1, 0.15) is 11.6 Å². The normalized spacial score (nSPS) is 12.1. The Morgan fingerprint density at radius 3 is 2.56 bits per heavy atom. The summed E-state index contributed by atoms with van der Waals surface area (Å²) in [6, 6.07) is 15.0. The molecule has 2 N–H and O–H groups in total. The molecule has 6 nitrogen and oxygen atoms in total. The Hall–Kier alpha value is -3.12. The van der Waals surface area contributed by atoms with Gasteiger partial charge in [0.25, 0.3) is 0 Å². The maximum absolute atomic E-state index is 11.3. The molecule has 0 bridgehead atoms. The molecule has 0 radical (unpaired) electrons. The molecule has 2 aromatic carbocycles. The minimum atomic E-state index is -0.948. The molecule has 3 rings (SSSR count). The van der Waals surface area contributed by atoms with Crippen molar-refractivity contribution >= 4 is 22.6 Å². The minimum absolute atomic E-state index is 0.121. The topological polar surface area (TPSA) is 74.7 Å². The number of hydrogen-bond donors (Lipinski definition) is 2. The number of likely N-dealkylation sites (N-methyl/N-ethyl adjacent to an activating group) is 1. The highest BCUT2D eigenvalue weighted by Gasteiger charge is 2.15. The zero-order valence-electron chi connectivity index (χ0n) is 15.6. The van der Waals surface area contributed by atoms with Crippen LogP contribution >= 0.6 is 0 Å². The van der Waals surface area contributed by atoms with Crippen LogP contribution in [0.2, 0.25) is 0 Å². The highest BCUT2D eigenvalue weighted by atomic mass is 16.5. The summed E-state index contributed by atoms with van der Waals surface area (Å²) in [5, 5.41) is 14.4. The fourth-order valence-electron chi connectivity index (χ4n) is 3.06. The summed E-state index contributed by atoms with van der Waals surface area (Å²) >= 11 is 0. The lowest BCUT2D eigenvalue weighted by Gasteiger charge is -2.25. The van der Waals surface area contributed by atoms with Crippen LogP contribution in [0.3, 0.4) is 0 Å². The van der Waals surface area contributed by atoms with Gasteiger partial charge in [-0.05, 0) is 55.4 Å². The molecule has 0 spiro atoms. The van der Waals surface area contributed by atoms with Crippen LogP contribution in [0.5, 0.6) is 5.75 Å². The molecule has 140 valence electrons. The number of nitrogens with one attached hydrogen (secondary N) is 1. The van der Waals surface area contributed by atoms with E-state index in [4.69, 9.17) is 4.74 Å². The first-order valence-corrected chi connectivity index (χ1v) is 8.66. The number of carboxylic acid groups (broad SMARTS) is 1. The number of hydrogen-bond acceptors (Lipinski definition) is 5. The molecular formula is C21H23N3O3. The summed E-state index contributed by atoms with van der Waals surface area (Å²) in [7, 11) is 5.70. The van der Waals surface area contributed by atoms with Crippen LogP contribution in [0.25, 0.3) is 10.8 Å². The predicted molar refractivity (Wildman–Crippen MR) is 107 cm³/mol. The number of nitrogens with zero attached hydrogens (tertiary/aromatic N) is 2. The van der Waals surface area contributed by atoms with Crippen LogP contribution < -0.4 is 10.1 Å². The summed E-state index contributed by atoms with van der Waals surface area (Å²) in [5.74, 6) is 0.549. The third-order valence-corrected chi connectivity index (χ3v) is 4.60. The number of methoxy groups -OCH3 is 1. The van der Waals surface area contributed by atoms with E-state index in [1.807, 2.05) is 44.4 Å². The number of aromatic nitrogens is 1. The van der Waals surface area contributed by atoms with E-state index in [9.17, 15) is 9.90 Å². The van der Waals surface area contributed by atoms with E-state index < -0.39 is 5.97 Å². The van der Waals surface area contributed by atoms with Gasteiger partial charge in [-0.3, -0.25) is 0 Å². The third-order valence-electron chi connectivity index (χ3n) is 4.60. The Labute approximate surface area is 158 Å². The number of aromatic carboxylic acids is 1. The molecule has 6 heteroatoms. The third kappa shape index (κ3) is 4.17. The fourth-order valence-corrected chi connectivity index (χ4v) is 3.06. The van der Waals surface area contributed by atoms with E-state index >= 15 is 0 Å². The molecule has 0 saturated carbocycles. The van der Waals surface area contributed by atoms with Crippen LogP contribution in [0.1, 0.15) is 22.0 Å².